The lowest BCUT2D eigenvalue weighted by Crippen LogP contribution is -2.22. The Labute approximate surface area is 130 Å². The lowest BCUT2D eigenvalue weighted by atomic mass is 10.2. The average Bonchev–Trinajstić information content (AvgIpc) is 2.51. The summed E-state index contributed by atoms with van der Waals surface area (Å²) in [6.45, 7) is 6.66. The van der Waals surface area contributed by atoms with Crippen LogP contribution >= 0.6 is 0 Å². The first-order valence-corrected chi connectivity index (χ1v) is 6.77. The molecule has 0 saturated carbocycles. The molecular weight excluding hydrogens is 284 g/mol. The van der Waals surface area contributed by atoms with Crippen LogP contribution in [0.5, 0.6) is 5.75 Å². The van der Waals surface area contributed by atoms with Crippen LogP contribution in [0.3, 0.4) is 0 Å². The molecular formula is C17H20O5. The molecule has 0 aliphatic rings. The molecule has 1 unspecified atom stereocenters. The molecule has 0 aromatic heterocycles. The maximum atomic E-state index is 11.6. The van der Waals surface area contributed by atoms with Crippen molar-refractivity contribution in [3.63, 3.8) is 0 Å². The van der Waals surface area contributed by atoms with E-state index in [1.54, 1.807) is 39.2 Å². The molecule has 0 amide bonds. The minimum atomic E-state index is -0.525. The summed E-state index contributed by atoms with van der Waals surface area (Å²) >= 11 is 0. The number of esters is 2. The summed E-state index contributed by atoms with van der Waals surface area (Å²) in [6, 6.07) is 7.23. The Morgan fingerprint density at radius 1 is 1.27 bits per heavy atom. The lowest BCUT2D eigenvalue weighted by molar-refractivity contribution is -0.152. The second kappa shape index (κ2) is 8.67. The van der Waals surface area contributed by atoms with E-state index < -0.39 is 18.0 Å². The van der Waals surface area contributed by atoms with Crippen molar-refractivity contribution in [2.24, 2.45) is 0 Å². The number of carbonyl (C=O) groups excluding carboxylic acids is 2. The van der Waals surface area contributed by atoms with E-state index in [4.69, 9.17) is 14.2 Å². The monoisotopic (exact) mass is 304 g/mol. The Hall–Kier alpha value is -2.56. The summed E-state index contributed by atoms with van der Waals surface area (Å²) in [5, 5.41) is 0. The zero-order valence-electron chi connectivity index (χ0n) is 13.0. The van der Waals surface area contributed by atoms with Gasteiger partial charge in [-0.05, 0) is 37.6 Å². The highest BCUT2D eigenvalue weighted by Crippen LogP contribution is 2.12. The Morgan fingerprint density at radius 2 is 1.91 bits per heavy atom. The predicted molar refractivity (Wildman–Crippen MR) is 83.4 cm³/mol. The van der Waals surface area contributed by atoms with Gasteiger partial charge >= 0.3 is 11.9 Å². The molecule has 0 radical (unpaired) electrons. The summed E-state index contributed by atoms with van der Waals surface area (Å²) in [5.74, 6) is -0.265. The summed E-state index contributed by atoms with van der Waals surface area (Å²) < 4.78 is 15.0. The van der Waals surface area contributed by atoms with Gasteiger partial charge in [0.05, 0.1) is 7.11 Å². The van der Waals surface area contributed by atoms with Crippen molar-refractivity contribution in [2.75, 3.05) is 13.7 Å². The van der Waals surface area contributed by atoms with Gasteiger partial charge in [-0.2, -0.15) is 0 Å². The number of methoxy groups -OCH3 is 1. The number of ether oxygens (including phenoxy) is 3. The number of benzene rings is 1. The van der Waals surface area contributed by atoms with Crippen LogP contribution in [0.15, 0.2) is 42.5 Å². The fourth-order valence-electron chi connectivity index (χ4n) is 1.44. The molecule has 1 aromatic carbocycles. The van der Waals surface area contributed by atoms with Gasteiger partial charge in [-0.25, -0.2) is 9.59 Å². The largest absolute Gasteiger partial charge is 0.497 e. The maximum Gasteiger partial charge on any atom is 0.333 e. The highest BCUT2D eigenvalue weighted by atomic mass is 16.6. The fraction of sp³-hybridized carbons (Fsp3) is 0.294. The predicted octanol–water partition coefficient (Wildman–Crippen LogP) is 2.76. The van der Waals surface area contributed by atoms with Crippen LogP contribution in [0.4, 0.5) is 0 Å². The van der Waals surface area contributed by atoms with E-state index in [0.29, 0.717) is 5.57 Å². The third-order valence-electron chi connectivity index (χ3n) is 2.64. The highest BCUT2D eigenvalue weighted by molar-refractivity contribution is 5.87. The maximum absolute atomic E-state index is 11.6. The van der Waals surface area contributed by atoms with E-state index in [1.807, 2.05) is 12.1 Å². The normalized spacial score (nSPS) is 11.8. The number of carbonyl (C=O) groups is 2. The van der Waals surface area contributed by atoms with E-state index in [-0.39, 0.29) is 6.61 Å². The Morgan fingerprint density at radius 3 is 2.45 bits per heavy atom. The second-order valence-corrected chi connectivity index (χ2v) is 4.73. The van der Waals surface area contributed by atoms with Crippen LogP contribution in [0.1, 0.15) is 19.4 Å². The van der Waals surface area contributed by atoms with Crippen molar-refractivity contribution >= 4 is 18.0 Å². The van der Waals surface area contributed by atoms with Gasteiger partial charge in [0.15, 0.2) is 0 Å². The van der Waals surface area contributed by atoms with Gasteiger partial charge in [-0.1, -0.05) is 18.7 Å². The zero-order valence-corrected chi connectivity index (χ0v) is 13.0. The molecule has 0 N–H and O–H groups in total. The average molecular weight is 304 g/mol. The van der Waals surface area contributed by atoms with Gasteiger partial charge in [-0.3, -0.25) is 0 Å². The molecule has 118 valence electrons. The van der Waals surface area contributed by atoms with Crippen molar-refractivity contribution < 1.29 is 23.8 Å². The van der Waals surface area contributed by atoms with Crippen LogP contribution in [0, 0.1) is 0 Å². The lowest BCUT2D eigenvalue weighted by Gasteiger charge is -2.12. The van der Waals surface area contributed by atoms with Crippen LogP contribution in [0.25, 0.3) is 6.08 Å². The second-order valence-electron chi connectivity index (χ2n) is 4.73. The molecule has 0 saturated heterocycles. The molecule has 5 heteroatoms. The van der Waals surface area contributed by atoms with E-state index in [9.17, 15) is 9.59 Å². The highest BCUT2D eigenvalue weighted by Gasteiger charge is 2.11. The Bertz CT molecular complexity index is 557. The number of rotatable bonds is 7. The third-order valence-corrected chi connectivity index (χ3v) is 2.64. The van der Waals surface area contributed by atoms with Crippen molar-refractivity contribution in [1.82, 2.24) is 0 Å². The Kier molecular flexibility index (Phi) is 6.89. The van der Waals surface area contributed by atoms with E-state index in [1.165, 1.54) is 6.08 Å². The van der Waals surface area contributed by atoms with Gasteiger partial charge in [0, 0.05) is 11.6 Å². The summed E-state index contributed by atoms with van der Waals surface area (Å²) in [7, 11) is 1.59. The first-order chi connectivity index (χ1) is 10.4. The minimum Gasteiger partial charge on any atom is -0.497 e. The molecule has 0 aliphatic heterocycles. The van der Waals surface area contributed by atoms with Crippen LogP contribution in [0.2, 0.25) is 0 Å². The van der Waals surface area contributed by atoms with Crippen LogP contribution in [-0.2, 0) is 19.1 Å². The quantitative estimate of drug-likeness (QED) is 0.572. The van der Waals surface area contributed by atoms with Crippen molar-refractivity contribution in [3.05, 3.63) is 48.1 Å². The smallest absolute Gasteiger partial charge is 0.333 e. The van der Waals surface area contributed by atoms with E-state index >= 15 is 0 Å². The van der Waals surface area contributed by atoms with Crippen LogP contribution < -0.4 is 4.74 Å². The molecule has 5 nitrogen and oxygen atoms in total. The van der Waals surface area contributed by atoms with Gasteiger partial charge in [0.1, 0.15) is 18.5 Å². The molecule has 1 atom stereocenters. The molecule has 1 aromatic rings. The molecule has 1 rings (SSSR count). The SMILES string of the molecule is C=C(C)C(=O)OC(C)COC(=O)/C=C/c1ccc(OC)cc1. The Balaban J connectivity index is 2.40. The number of hydrogen-bond donors (Lipinski definition) is 0. The first kappa shape index (κ1) is 17.5. The molecule has 0 spiro atoms. The van der Waals surface area contributed by atoms with Crippen molar-refractivity contribution in [1.29, 1.82) is 0 Å². The molecule has 0 aliphatic carbocycles. The van der Waals surface area contributed by atoms with Gasteiger partial charge in [0.2, 0.25) is 0 Å². The van der Waals surface area contributed by atoms with E-state index in [0.717, 1.165) is 11.3 Å². The number of hydrogen-bond acceptors (Lipinski definition) is 5. The van der Waals surface area contributed by atoms with Crippen molar-refractivity contribution in [2.45, 2.75) is 20.0 Å². The summed E-state index contributed by atoms with van der Waals surface area (Å²) in [6.07, 6.45) is 2.42. The van der Waals surface area contributed by atoms with Gasteiger partial charge in [0.25, 0.3) is 0 Å². The summed E-state index contributed by atoms with van der Waals surface area (Å²) in [4.78, 5) is 22.8. The van der Waals surface area contributed by atoms with E-state index in [2.05, 4.69) is 6.58 Å². The van der Waals surface area contributed by atoms with Crippen molar-refractivity contribution in [3.8, 4) is 5.75 Å². The first-order valence-electron chi connectivity index (χ1n) is 6.77. The van der Waals surface area contributed by atoms with Crippen LogP contribution in [-0.4, -0.2) is 31.8 Å². The standard InChI is InChI=1S/C17H20O5/c1-12(2)17(19)22-13(3)11-21-16(18)10-7-14-5-8-15(20-4)9-6-14/h5-10,13H,1,11H2,2-4H3/b10-7+. The molecule has 0 bridgehead atoms. The fourth-order valence-corrected chi connectivity index (χ4v) is 1.44. The minimum absolute atomic E-state index is 0.00912. The van der Waals surface area contributed by atoms with Gasteiger partial charge < -0.3 is 14.2 Å². The molecule has 0 heterocycles. The zero-order chi connectivity index (χ0) is 16.5. The van der Waals surface area contributed by atoms with Gasteiger partial charge in [-0.15, -0.1) is 0 Å². The molecule has 22 heavy (non-hydrogen) atoms. The topological polar surface area (TPSA) is 61.8 Å². The third kappa shape index (κ3) is 6.26. The molecule has 0 fully saturated rings. The summed E-state index contributed by atoms with van der Waals surface area (Å²) in [5.41, 5.74) is 1.15.